The highest BCUT2D eigenvalue weighted by atomic mass is 16.5. The Balaban J connectivity index is 1.84. The van der Waals surface area contributed by atoms with E-state index in [2.05, 4.69) is 36.4 Å². The van der Waals surface area contributed by atoms with Gasteiger partial charge in [-0.2, -0.15) is 0 Å². The molecule has 3 aromatic carbocycles. The first-order valence-electron chi connectivity index (χ1n) is 8.97. The second-order valence-electron chi connectivity index (χ2n) is 6.84. The zero-order valence-electron chi connectivity index (χ0n) is 14.6. The summed E-state index contributed by atoms with van der Waals surface area (Å²) in [5, 5.41) is 13.8. The van der Waals surface area contributed by atoms with Crippen molar-refractivity contribution in [1.29, 1.82) is 0 Å². The predicted molar refractivity (Wildman–Crippen MR) is 105 cm³/mol. The first-order chi connectivity index (χ1) is 12.8. The van der Waals surface area contributed by atoms with Gasteiger partial charge in [-0.15, -0.1) is 0 Å². The van der Waals surface area contributed by atoms with Crippen LogP contribution in [0.25, 0.3) is 32.9 Å². The Morgan fingerprint density at radius 1 is 0.962 bits per heavy atom. The van der Waals surface area contributed by atoms with Gasteiger partial charge in [-0.1, -0.05) is 30.3 Å². The summed E-state index contributed by atoms with van der Waals surface area (Å²) in [6, 6.07) is 18.3. The van der Waals surface area contributed by atoms with E-state index in [4.69, 9.17) is 9.72 Å². The van der Waals surface area contributed by atoms with Gasteiger partial charge in [-0.3, -0.25) is 0 Å². The van der Waals surface area contributed by atoms with Crippen molar-refractivity contribution in [1.82, 2.24) is 4.98 Å². The summed E-state index contributed by atoms with van der Waals surface area (Å²) in [5.74, 6) is 0.634. The predicted octanol–water partition coefficient (Wildman–Crippen LogP) is 5.26. The van der Waals surface area contributed by atoms with Crippen LogP contribution in [0.4, 0.5) is 0 Å². The molecule has 0 saturated carbocycles. The molecule has 128 valence electrons. The summed E-state index contributed by atoms with van der Waals surface area (Å²) in [4.78, 5) is 5.04. The molecule has 0 amide bonds. The maximum Gasteiger partial charge on any atom is 0.161 e. The van der Waals surface area contributed by atoms with Gasteiger partial charge < -0.3 is 9.84 Å². The quantitative estimate of drug-likeness (QED) is 0.506. The number of rotatable bonds is 2. The topological polar surface area (TPSA) is 42.4 Å². The van der Waals surface area contributed by atoms with Crippen LogP contribution in [0.2, 0.25) is 0 Å². The Bertz CT molecular complexity index is 1160. The van der Waals surface area contributed by atoms with Crippen molar-refractivity contribution in [2.75, 3.05) is 7.11 Å². The Hall–Kier alpha value is -3.07. The number of aryl methyl sites for hydroxylation is 1. The van der Waals surface area contributed by atoms with E-state index in [1.165, 1.54) is 27.3 Å². The molecule has 4 aromatic rings. The minimum absolute atomic E-state index is 0.152. The summed E-state index contributed by atoms with van der Waals surface area (Å²) < 4.78 is 5.29. The third kappa shape index (κ3) is 2.17. The number of nitrogens with zero attached hydrogens (tertiary/aromatic N) is 1. The molecule has 0 fully saturated rings. The smallest absolute Gasteiger partial charge is 0.161 e. The van der Waals surface area contributed by atoms with Gasteiger partial charge in [0.1, 0.15) is 0 Å². The van der Waals surface area contributed by atoms with Crippen LogP contribution in [0.15, 0.2) is 54.6 Å². The van der Waals surface area contributed by atoms with Crippen molar-refractivity contribution in [2.45, 2.75) is 19.3 Å². The second-order valence-corrected chi connectivity index (χ2v) is 6.84. The van der Waals surface area contributed by atoms with E-state index in [1.54, 1.807) is 13.2 Å². The molecule has 0 radical (unpaired) electrons. The number of aromatic hydroxyl groups is 1. The van der Waals surface area contributed by atoms with Crippen LogP contribution in [0, 0.1) is 0 Å². The van der Waals surface area contributed by atoms with Crippen molar-refractivity contribution in [2.24, 2.45) is 0 Å². The average Bonchev–Trinajstić information content (AvgIpc) is 3.17. The van der Waals surface area contributed by atoms with Gasteiger partial charge in [0.25, 0.3) is 0 Å². The summed E-state index contributed by atoms with van der Waals surface area (Å²) in [6.45, 7) is 0. The van der Waals surface area contributed by atoms with Gasteiger partial charge in [0.2, 0.25) is 0 Å². The molecular weight excluding hydrogens is 322 g/mol. The van der Waals surface area contributed by atoms with Crippen LogP contribution in [0.1, 0.15) is 17.5 Å². The first-order valence-corrected chi connectivity index (χ1v) is 8.97. The van der Waals surface area contributed by atoms with Gasteiger partial charge in [0.05, 0.1) is 18.3 Å². The van der Waals surface area contributed by atoms with Crippen molar-refractivity contribution < 1.29 is 9.84 Å². The van der Waals surface area contributed by atoms with E-state index in [9.17, 15) is 5.11 Å². The minimum Gasteiger partial charge on any atom is -0.504 e. The average molecular weight is 341 g/mol. The van der Waals surface area contributed by atoms with E-state index in [-0.39, 0.29) is 5.75 Å². The summed E-state index contributed by atoms with van der Waals surface area (Å²) in [5.41, 5.74) is 5.80. The van der Waals surface area contributed by atoms with Gasteiger partial charge in [-0.25, -0.2) is 4.98 Å². The summed E-state index contributed by atoms with van der Waals surface area (Å²) >= 11 is 0. The van der Waals surface area contributed by atoms with E-state index in [0.29, 0.717) is 5.75 Å². The molecule has 3 nitrogen and oxygen atoms in total. The van der Waals surface area contributed by atoms with Crippen LogP contribution < -0.4 is 4.74 Å². The highest BCUT2D eigenvalue weighted by molar-refractivity contribution is 6.09. The maximum absolute atomic E-state index is 9.92. The third-order valence-electron chi connectivity index (χ3n) is 5.40. The Morgan fingerprint density at radius 2 is 1.81 bits per heavy atom. The fourth-order valence-corrected chi connectivity index (χ4v) is 4.20. The van der Waals surface area contributed by atoms with E-state index >= 15 is 0 Å². The van der Waals surface area contributed by atoms with Gasteiger partial charge in [0.15, 0.2) is 11.5 Å². The molecule has 3 heteroatoms. The number of benzene rings is 3. The number of aromatic nitrogens is 1. The first kappa shape index (κ1) is 15.2. The lowest BCUT2D eigenvalue weighted by Gasteiger charge is -2.14. The molecule has 0 atom stereocenters. The largest absolute Gasteiger partial charge is 0.504 e. The molecule has 0 bridgehead atoms. The highest BCUT2D eigenvalue weighted by Gasteiger charge is 2.22. The molecule has 1 aliphatic carbocycles. The number of pyridine rings is 1. The highest BCUT2D eigenvalue weighted by Crippen LogP contribution is 2.40. The van der Waals surface area contributed by atoms with E-state index in [0.717, 1.165) is 36.0 Å². The Morgan fingerprint density at radius 3 is 2.69 bits per heavy atom. The number of phenols is 1. The van der Waals surface area contributed by atoms with Crippen molar-refractivity contribution in [3.8, 4) is 22.8 Å². The van der Waals surface area contributed by atoms with Crippen LogP contribution in [0.3, 0.4) is 0 Å². The normalized spacial score (nSPS) is 13.3. The molecule has 26 heavy (non-hydrogen) atoms. The molecule has 0 saturated heterocycles. The number of phenolic OH excluding ortho intramolecular Hbond substituents is 1. The molecule has 0 aliphatic heterocycles. The molecule has 5 rings (SSSR count). The van der Waals surface area contributed by atoms with Crippen molar-refractivity contribution in [3.63, 3.8) is 0 Å². The number of fused-ring (bicyclic) bond motifs is 5. The maximum atomic E-state index is 9.92. The van der Waals surface area contributed by atoms with Crippen LogP contribution in [-0.4, -0.2) is 17.2 Å². The molecule has 0 unspecified atom stereocenters. The molecule has 1 aliphatic rings. The Kier molecular flexibility index (Phi) is 3.35. The Labute approximate surface area is 151 Å². The van der Waals surface area contributed by atoms with Gasteiger partial charge >= 0.3 is 0 Å². The summed E-state index contributed by atoms with van der Waals surface area (Å²) in [7, 11) is 1.57. The zero-order valence-corrected chi connectivity index (χ0v) is 14.6. The SMILES string of the molecule is COc1cc(-c2nc3ccc4ccccc4c3c3c2CCC3)ccc1O. The number of hydrogen-bond donors (Lipinski definition) is 1. The molecule has 0 spiro atoms. The monoisotopic (exact) mass is 341 g/mol. The molecule has 1 aromatic heterocycles. The fraction of sp³-hybridized carbons (Fsp3) is 0.174. The zero-order chi connectivity index (χ0) is 17.7. The van der Waals surface area contributed by atoms with Gasteiger partial charge in [-0.05, 0) is 65.4 Å². The lowest BCUT2D eigenvalue weighted by molar-refractivity contribution is 0.373. The minimum atomic E-state index is 0.152. The number of ether oxygens (including phenoxy) is 1. The van der Waals surface area contributed by atoms with Crippen LogP contribution in [0.5, 0.6) is 11.5 Å². The fourth-order valence-electron chi connectivity index (χ4n) is 4.20. The second kappa shape index (κ2) is 5.73. The van der Waals surface area contributed by atoms with Crippen LogP contribution >= 0.6 is 0 Å². The van der Waals surface area contributed by atoms with Gasteiger partial charge in [0, 0.05) is 10.9 Å². The molecule has 1 heterocycles. The number of hydrogen-bond acceptors (Lipinski definition) is 3. The lowest BCUT2D eigenvalue weighted by Crippen LogP contribution is -1.97. The van der Waals surface area contributed by atoms with E-state index in [1.807, 2.05) is 12.1 Å². The van der Waals surface area contributed by atoms with Crippen LogP contribution in [-0.2, 0) is 12.8 Å². The lowest BCUT2D eigenvalue weighted by atomic mass is 9.95. The van der Waals surface area contributed by atoms with Crippen molar-refractivity contribution in [3.05, 3.63) is 65.7 Å². The van der Waals surface area contributed by atoms with Crippen molar-refractivity contribution >= 4 is 21.7 Å². The molecular formula is C23H19NO2. The molecule has 1 N–H and O–H groups in total. The van der Waals surface area contributed by atoms with E-state index < -0.39 is 0 Å². The summed E-state index contributed by atoms with van der Waals surface area (Å²) in [6.07, 6.45) is 3.28. The standard InChI is InChI=1S/C23H19NO2/c1-26-21-13-15(10-12-20(21)25)23-18-8-4-7-17(18)22-16-6-3-2-5-14(16)9-11-19(22)24-23/h2-3,5-6,9-13,25H,4,7-8H2,1H3. The third-order valence-corrected chi connectivity index (χ3v) is 5.40. The number of methoxy groups -OCH3 is 1.